The zero-order valence-electron chi connectivity index (χ0n) is 24.4. The second kappa shape index (κ2) is 15.4. The second-order valence-electron chi connectivity index (χ2n) is 9.39. The molecule has 0 aliphatic heterocycles. The predicted molar refractivity (Wildman–Crippen MR) is 171 cm³/mol. The Morgan fingerprint density at radius 3 is 1.98 bits per heavy atom. The number of nitrogen functional groups attached to an aromatic ring is 2. The van der Waals surface area contributed by atoms with Crippen LogP contribution in [0.5, 0.6) is 0 Å². The molecule has 0 spiro atoms. The molecule has 50 heavy (non-hydrogen) atoms. The van der Waals surface area contributed by atoms with Crippen molar-refractivity contribution in [2.24, 2.45) is 20.5 Å². The third kappa shape index (κ3) is 9.89. The number of aromatic nitrogens is 2. The zero-order valence-corrected chi connectivity index (χ0v) is 27.7. The van der Waals surface area contributed by atoms with Crippen LogP contribution in [0.2, 0.25) is 0 Å². The maximum Gasteiger partial charge on any atom is 0.313 e. The van der Waals surface area contributed by atoms with Crippen LogP contribution in [0.25, 0.3) is 0 Å². The van der Waals surface area contributed by atoms with Gasteiger partial charge in [-0.15, -0.1) is 24.8 Å². The summed E-state index contributed by atoms with van der Waals surface area (Å²) in [6.07, 6.45) is -1.39. The lowest BCUT2D eigenvalue weighted by Crippen LogP contribution is -2.10. The van der Waals surface area contributed by atoms with Gasteiger partial charge in [0.25, 0.3) is 20.2 Å². The minimum Gasteiger partial charge on any atom is -0.397 e. The molecule has 0 radical (unpaired) electrons. The molecule has 0 saturated carbocycles. The van der Waals surface area contributed by atoms with Crippen LogP contribution in [-0.4, -0.2) is 61.1 Å². The summed E-state index contributed by atoms with van der Waals surface area (Å²) in [6.45, 7) is 0. The molecule has 0 amide bonds. The predicted octanol–water partition coefficient (Wildman–Crippen LogP) is 4.83. The number of nitrogens with two attached hydrogens (primary N) is 2. The van der Waals surface area contributed by atoms with Gasteiger partial charge in [-0.2, -0.15) is 35.6 Å². The Hall–Kier alpha value is -4.80. The van der Waals surface area contributed by atoms with Gasteiger partial charge in [0.15, 0.2) is 9.84 Å². The van der Waals surface area contributed by atoms with Gasteiger partial charge in [0.1, 0.15) is 38.4 Å². The van der Waals surface area contributed by atoms with Crippen LogP contribution >= 0.6 is 12.0 Å². The smallest absolute Gasteiger partial charge is 0.313 e. The average Bonchev–Trinajstić information content (AvgIpc) is 3.00. The van der Waals surface area contributed by atoms with Crippen LogP contribution in [0.1, 0.15) is 0 Å². The highest BCUT2D eigenvalue weighted by molar-refractivity contribution is 7.97. The molecule has 0 unspecified atom stereocenters. The van der Waals surface area contributed by atoms with Gasteiger partial charge in [-0.05, 0) is 48.5 Å². The molecule has 266 valence electrons. The molecule has 1 aromatic heterocycles. The molecular formula is C24H21F2N9O11S4. The molecule has 0 fully saturated rings. The molecule has 4 rings (SSSR count). The van der Waals surface area contributed by atoms with Crippen molar-refractivity contribution in [3.63, 3.8) is 0 Å². The Morgan fingerprint density at radius 1 is 0.760 bits per heavy atom. The Labute approximate surface area is 284 Å². The van der Waals surface area contributed by atoms with Gasteiger partial charge >= 0.3 is 6.08 Å². The summed E-state index contributed by atoms with van der Waals surface area (Å²) in [5.41, 5.74) is 10.3. The van der Waals surface area contributed by atoms with Gasteiger partial charge in [0.05, 0.1) is 22.0 Å². The second-order valence-corrected chi connectivity index (χ2v) is 15.1. The van der Waals surface area contributed by atoms with Crippen LogP contribution in [0.3, 0.4) is 0 Å². The summed E-state index contributed by atoms with van der Waals surface area (Å²) in [6, 6.07) is 8.64. The monoisotopic (exact) mass is 777 g/mol. The van der Waals surface area contributed by atoms with Crippen molar-refractivity contribution in [2.75, 3.05) is 28.3 Å². The number of azo groups is 2. The molecule has 26 heteroatoms. The lowest BCUT2D eigenvalue weighted by Gasteiger charge is -2.09. The van der Waals surface area contributed by atoms with Gasteiger partial charge in [0.2, 0.25) is 5.95 Å². The summed E-state index contributed by atoms with van der Waals surface area (Å²) in [7, 11) is -14.1. The molecule has 20 nitrogen and oxygen atoms in total. The molecule has 0 bridgehead atoms. The Bertz CT molecular complexity index is 2310. The first-order valence-corrected chi connectivity index (χ1v) is 18.4. The highest BCUT2D eigenvalue weighted by Crippen LogP contribution is 2.38. The fraction of sp³-hybridized carbons (Fsp3) is 0.0833. The van der Waals surface area contributed by atoms with E-state index in [2.05, 4.69) is 45.1 Å². The van der Waals surface area contributed by atoms with Gasteiger partial charge < -0.3 is 16.8 Å². The molecule has 3 aromatic carbocycles. The van der Waals surface area contributed by atoms with Gasteiger partial charge in [-0.25, -0.2) is 13.7 Å². The summed E-state index contributed by atoms with van der Waals surface area (Å²) >= 11 is 0.447. The number of halogens is 2. The number of hydrogen-bond donors (Lipinski definition) is 6. The fourth-order valence-electron chi connectivity index (χ4n) is 3.79. The topological polar surface area (TPSA) is 321 Å². The average molecular weight is 778 g/mol. The van der Waals surface area contributed by atoms with E-state index in [1.165, 1.54) is 0 Å². The minimum atomic E-state index is -5.06. The molecule has 0 aliphatic carbocycles. The Kier molecular flexibility index (Phi) is 11.7. The highest BCUT2D eigenvalue weighted by Gasteiger charge is 2.23. The van der Waals surface area contributed by atoms with Gasteiger partial charge in [-0.3, -0.25) is 9.11 Å². The van der Waals surface area contributed by atoms with E-state index in [4.69, 9.17) is 16.7 Å². The van der Waals surface area contributed by atoms with E-state index in [0.29, 0.717) is 18.1 Å². The quantitative estimate of drug-likeness (QED) is 0.0115. The van der Waals surface area contributed by atoms with Crippen molar-refractivity contribution in [2.45, 2.75) is 14.7 Å². The lowest BCUT2D eigenvalue weighted by atomic mass is 10.2. The first-order chi connectivity index (χ1) is 23.4. The summed E-state index contributed by atoms with van der Waals surface area (Å²) in [5, 5.41) is 29.3. The zero-order chi connectivity index (χ0) is 36.9. The lowest BCUT2D eigenvalue weighted by molar-refractivity contribution is -0.432. The van der Waals surface area contributed by atoms with Crippen molar-refractivity contribution >= 4 is 87.7 Å². The summed E-state index contributed by atoms with van der Waals surface area (Å²) in [4.78, 5) is 4.04. The number of sulfone groups is 1. The van der Waals surface area contributed by atoms with Crippen LogP contribution in [0, 0.1) is 12.0 Å². The maximum atomic E-state index is 13.5. The highest BCUT2D eigenvalue weighted by atomic mass is 32.2. The van der Waals surface area contributed by atoms with Crippen molar-refractivity contribution in [3.8, 4) is 0 Å². The van der Waals surface area contributed by atoms with Crippen molar-refractivity contribution in [1.29, 1.82) is 0 Å². The first kappa shape index (κ1) is 38.0. The molecule has 0 atom stereocenters. The number of nitrogens with zero attached hydrogens (tertiary/aromatic N) is 6. The Morgan fingerprint density at radius 2 is 1.38 bits per heavy atom. The molecule has 0 saturated heterocycles. The molecular weight excluding hydrogens is 757 g/mol. The van der Waals surface area contributed by atoms with E-state index in [1.54, 1.807) is 0 Å². The normalized spacial score (nSPS) is 12.6. The minimum absolute atomic E-state index is 0.00118. The number of anilines is 4. The van der Waals surface area contributed by atoms with Crippen molar-refractivity contribution in [3.05, 3.63) is 66.6 Å². The van der Waals surface area contributed by atoms with Crippen molar-refractivity contribution in [1.82, 2.24) is 9.97 Å². The van der Waals surface area contributed by atoms with Crippen LogP contribution in [0.4, 0.5) is 54.4 Å². The van der Waals surface area contributed by atoms with E-state index >= 15 is 0 Å². The van der Waals surface area contributed by atoms with Crippen LogP contribution < -0.4 is 16.8 Å². The summed E-state index contributed by atoms with van der Waals surface area (Å²) < 4.78 is 124. The third-order valence-electron chi connectivity index (χ3n) is 5.97. The number of benzene rings is 3. The van der Waals surface area contributed by atoms with E-state index < -0.39 is 73.9 Å². The molecule has 0 aliphatic rings. The Balaban J connectivity index is 1.68. The molecule has 8 N–H and O–H groups in total. The van der Waals surface area contributed by atoms with Gasteiger partial charge in [-0.1, -0.05) is 5.04 Å². The van der Waals surface area contributed by atoms with Crippen LogP contribution in [0.15, 0.2) is 89.7 Å². The number of nitrogens with one attached hydrogen (secondary N) is 1. The third-order valence-corrected chi connectivity index (χ3v) is 10.2. The van der Waals surface area contributed by atoms with E-state index in [-0.39, 0.29) is 40.0 Å². The summed E-state index contributed by atoms with van der Waals surface area (Å²) in [5.74, 6) is -2.36. The van der Waals surface area contributed by atoms with Crippen LogP contribution in [-0.2, 0) is 39.4 Å². The SMILES string of the molecule is Nc1cc(N)c(/N=N/c2ccc(S(=O)(=O)CCSOOO)cc2S(=O)(=O)O)cc1/N=N/c1cc(Nc2cc(F)nc(F)n2)ccc1S(=O)(=O)O. The molecule has 4 aromatic rings. The van der Waals surface area contributed by atoms with E-state index in [9.17, 15) is 43.1 Å². The number of rotatable bonds is 14. The van der Waals surface area contributed by atoms with E-state index in [0.717, 1.165) is 48.5 Å². The maximum absolute atomic E-state index is 13.5. The van der Waals surface area contributed by atoms with Gasteiger partial charge in [0, 0.05) is 29.5 Å². The fourth-order valence-corrected chi connectivity index (χ4v) is 7.18. The molecule has 1 heterocycles. The van der Waals surface area contributed by atoms with E-state index in [1.807, 2.05) is 0 Å². The largest absolute Gasteiger partial charge is 0.397 e. The first-order valence-electron chi connectivity index (χ1n) is 12.9. The number of hydrogen-bond acceptors (Lipinski definition) is 19. The van der Waals surface area contributed by atoms with Crippen molar-refractivity contribution < 1.29 is 57.8 Å². The standard InChI is InChI=1S/C24H21F2N9O11S4/c25-22-11-23(31-24(26)30-22)29-12-1-4-20(49(39,40)41)19(7-12)35-34-18-10-17(14(27)9-15(18)28)33-32-16-3-2-13(8-21(16)50(42,43)44)48(37,38)6-5-47-46-45-36/h1-4,7-11,36H,5-6,27-28H2,(H,29,30,31)(H,39,40,41)(H,42,43,44)/b33-32+,35-34+.